The quantitative estimate of drug-likeness (QED) is 0.385. The van der Waals surface area contributed by atoms with Crippen molar-refractivity contribution in [3.05, 3.63) is 89.5 Å². The smallest absolute Gasteiger partial charge is 0.262 e. The molecule has 3 rings (SSSR count). The van der Waals surface area contributed by atoms with Gasteiger partial charge in [0.1, 0.15) is 11.6 Å². The minimum absolute atomic E-state index is 0.180. The molecule has 0 aliphatic carbocycles. The van der Waals surface area contributed by atoms with Gasteiger partial charge in [-0.05, 0) is 42.5 Å². The van der Waals surface area contributed by atoms with Crippen LogP contribution < -0.4 is 14.4 Å². The Kier molecular flexibility index (Phi) is 7.22. The maximum Gasteiger partial charge on any atom is 0.262 e. The first kappa shape index (κ1) is 24.1. The number of nitrogens with one attached hydrogen (secondary N) is 1. The normalized spacial score (nSPS) is 11.2. The van der Waals surface area contributed by atoms with Gasteiger partial charge in [-0.1, -0.05) is 18.2 Å². The predicted octanol–water partition coefficient (Wildman–Crippen LogP) is 4.23. The molecule has 174 valence electrons. The van der Waals surface area contributed by atoms with Gasteiger partial charge in [-0.15, -0.1) is 0 Å². The second kappa shape index (κ2) is 9.90. The Labute approximate surface area is 187 Å². The molecule has 0 unspecified atom stereocenters. The van der Waals surface area contributed by atoms with Gasteiger partial charge in [0, 0.05) is 5.56 Å². The lowest BCUT2D eigenvalue weighted by atomic mass is 10.2. The van der Waals surface area contributed by atoms with Crippen molar-refractivity contribution in [1.82, 2.24) is 0 Å². The van der Waals surface area contributed by atoms with Crippen molar-refractivity contribution in [1.29, 1.82) is 0 Å². The number of benzene rings is 3. The van der Waals surface area contributed by atoms with Crippen LogP contribution in [0.1, 0.15) is 5.56 Å². The van der Waals surface area contributed by atoms with Gasteiger partial charge in [0.2, 0.25) is 10.0 Å². The van der Waals surface area contributed by atoms with Crippen LogP contribution in [0.2, 0.25) is 0 Å². The van der Waals surface area contributed by atoms with Crippen molar-refractivity contribution in [2.45, 2.75) is 6.54 Å². The van der Waals surface area contributed by atoms with Gasteiger partial charge in [0.15, 0.2) is 24.1 Å². The zero-order chi connectivity index (χ0) is 24.2. The number of halogens is 4. The molecule has 0 saturated heterocycles. The summed E-state index contributed by atoms with van der Waals surface area (Å²) in [7, 11) is -3.75. The Morgan fingerprint density at radius 1 is 0.909 bits per heavy atom. The Hall–Kier alpha value is -3.60. The van der Waals surface area contributed by atoms with E-state index in [-0.39, 0.29) is 23.5 Å². The Morgan fingerprint density at radius 2 is 1.58 bits per heavy atom. The molecule has 11 heteroatoms. The third-order valence-electron chi connectivity index (χ3n) is 4.48. The van der Waals surface area contributed by atoms with Gasteiger partial charge in [0.05, 0.1) is 24.2 Å². The summed E-state index contributed by atoms with van der Waals surface area (Å²) in [4.78, 5) is 11.9. The van der Waals surface area contributed by atoms with Crippen molar-refractivity contribution in [2.24, 2.45) is 0 Å². The lowest BCUT2D eigenvalue weighted by Gasteiger charge is -2.23. The Balaban J connectivity index is 1.67. The fourth-order valence-electron chi connectivity index (χ4n) is 2.85. The lowest BCUT2D eigenvalue weighted by molar-refractivity contribution is -0.118. The number of carbonyl (C=O) groups is 1. The average Bonchev–Trinajstić information content (AvgIpc) is 2.77. The van der Waals surface area contributed by atoms with E-state index in [1.165, 1.54) is 42.5 Å². The third-order valence-corrected chi connectivity index (χ3v) is 5.62. The Bertz CT molecular complexity index is 1270. The number of hydrogen-bond acceptors (Lipinski definition) is 4. The summed E-state index contributed by atoms with van der Waals surface area (Å²) in [5.74, 6) is -5.84. The molecule has 3 aromatic rings. The highest BCUT2D eigenvalue weighted by molar-refractivity contribution is 7.92. The zero-order valence-electron chi connectivity index (χ0n) is 17.2. The fraction of sp³-hybridized carbons (Fsp3) is 0.136. The largest absolute Gasteiger partial charge is 0.484 e. The second-order valence-electron chi connectivity index (χ2n) is 6.91. The topological polar surface area (TPSA) is 75.7 Å². The summed E-state index contributed by atoms with van der Waals surface area (Å²) in [6.07, 6.45) is 0.986. The second-order valence-corrected chi connectivity index (χ2v) is 8.82. The molecule has 3 aromatic carbocycles. The van der Waals surface area contributed by atoms with E-state index in [4.69, 9.17) is 4.74 Å². The maximum atomic E-state index is 14.0. The van der Waals surface area contributed by atoms with E-state index in [1.807, 2.05) is 0 Å². The van der Waals surface area contributed by atoms with E-state index in [1.54, 1.807) is 6.07 Å². The number of hydrogen-bond donors (Lipinski definition) is 1. The minimum atomic E-state index is -3.75. The molecule has 6 nitrogen and oxygen atoms in total. The highest BCUT2D eigenvalue weighted by Crippen LogP contribution is 2.25. The number of nitrogens with zero attached hydrogens (tertiary/aromatic N) is 1. The van der Waals surface area contributed by atoms with E-state index in [2.05, 4.69) is 5.32 Å². The summed E-state index contributed by atoms with van der Waals surface area (Å²) in [5, 5.41) is 2.06. The summed E-state index contributed by atoms with van der Waals surface area (Å²) in [6, 6.07) is 12.9. The molecule has 0 radical (unpaired) electrons. The molecule has 0 aromatic heterocycles. The number of sulfonamides is 1. The van der Waals surface area contributed by atoms with Crippen LogP contribution in [-0.2, 0) is 21.4 Å². The van der Waals surface area contributed by atoms with Gasteiger partial charge in [-0.2, -0.15) is 0 Å². The van der Waals surface area contributed by atoms with Crippen LogP contribution in [0.3, 0.4) is 0 Å². The number of anilines is 2. The van der Waals surface area contributed by atoms with Gasteiger partial charge in [-0.3, -0.25) is 9.10 Å². The first-order valence-corrected chi connectivity index (χ1v) is 11.3. The molecule has 0 spiro atoms. The monoisotopic (exact) mass is 482 g/mol. The fourth-order valence-corrected chi connectivity index (χ4v) is 3.73. The number of amides is 1. The number of ether oxygens (including phenoxy) is 1. The molecule has 1 N–H and O–H groups in total. The lowest BCUT2D eigenvalue weighted by Crippen LogP contribution is -2.29. The van der Waals surface area contributed by atoms with E-state index < -0.39 is 51.5 Å². The summed E-state index contributed by atoms with van der Waals surface area (Å²) < 4.78 is 84.5. The van der Waals surface area contributed by atoms with E-state index >= 15 is 0 Å². The molecule has 0 bridgehead atoms. The average molecular weight is 482 g/mol. The van der Waals surface area contributed by atoms with Crippen LogP contribution in [-0.4, -0.2) is 27.2 Å². The van der Waals surface area contributed by atoms with Gasteiger partial charge < -0.3 is 10.1 Å². The maximum absolute atomic E-state index is 14.0. The zero-order valence-corrected chi connectivity index (χ0v) is 18.0. The number of carbonyl (C=O) groups excluding carboxylic acids is 1. The van der Waals surface area contributed by atoms with E-state index in [9.17, 15) is 30.8 Å². The van der Waals surface area contributed by atoms with Crippen molar-refractivity contribution in [3.63, 3.8) is 0 Å². The van der Waals surface area contributed by atoms with Crippen molar-refractivity contribution < 1.29 is 35.5 Å². The van der Waals surface area contributed by atoms with Gasteiger partial charge in [0.25, 0.3) is 5.91 Å². The van der Waals surface area contributed by atoms with Gasteiger partial charge in [-0.25, -0.2) is 26.0 Å². The minimum Gasteiger partial charge on any atom is -0.484 e. The highest BCUT2D eigenvalue weighted by atomic mass is 32.2. The molecule has 0 saturated carbocycles. The summed E-state index contributed by atoms with van der Waals surface area (Å²) in [6.45, 7) is -0.809. The Morgan fingerprint density at radius 3 is 2.21 bits per heavy atom. The SMILES string of the molecule is CS(=O)(=O)N(Cc1ccccc1F)c1ccc(OCC(=O)Nc2ccc(F)c(F)c2F)cc1. The third kappa shape index (κ3) is 6.01. The van der Waals surface area contributed by atoms with Crippen molar-refractivity contribution in [3.8, 4) is 5.75 Å². The van der Waals surface area contributed by atoms with Crippen LogP contribution in [0.4, 0.5) is 28.9 Å². The van der Waals surface area contributed by atoms with Crippen molar-refractivity contribution >= 4 is 27.3 Å². The van der Waals surface area contributed by atoms with Crippen LogP contribution in [0.15, 0.2) is 60.7 Å². The molecule has 0 aliphatic rings. The molecule has 0 heterocycles. The molecule has 33 heavy (non-hydrogen) atoms. The van der Waals surface area contributed by atoms with Crippen molar-refractivity contribution in [2.75, 3.05) is 22.5 Å². The molecular formula is C22H18F4N2O4S. The predicted molar refractivity (Wildman–Crippen MR) is 114 cm³/mol. The molecule has 0 atom stereocenters. The van der Waals surface area contributed by atoms with Gasteiger partial charge >= 0.3 is 0 Å². The van der Waals surface area contributed by atoms with Crippen LogP contribution in [0, 0.1) is 23.3 Å². The molecule has 0 fully saturated rings. The first-order chi connectivity index (χ1) is 15.6. The molecule has 1 amide bonds. The molecular weight excluding hydrogens is 464 g/mol. The van der Waals surface area contributed by atoms with E-state index in [0.29, 0.717) is 6.07 Å². The van der Waals surface area contributed by atoms with E-state index in [0.717, 1.165) is 16.6 Å². The highest BCUT2D eigenvalue weighted by Gasteiger charge is 2.20. The summed E-state index contributed by atoms with van der Waals surface area (Å²) >= 11 is 0. The molecule has 0 aliphatic heterocycles. The number of rotatable bonds is 8. The van der Waals surface area contributed by atoms with Crippen LogP contribution in [0.25, 0.3) is 0 Å². The van der Waals surface area contributed by atoms with Crippen LogP contribution >= 0.6 is 0 Å². The standard InChI is InChI=1S/C22H18F4N2O4S/c1-33(30,31)28(12-14-4-2-3-5-17(14)23)15-6-8-16(9-7-15)32-13-20(29)27-19-11-10-18(24)21(25)22(19)26/h2-11H,12-13H2,1H3,(H,27,29). The first-order valence-electron chi connectivity index (χ1n) is 9.43. The summed E-state index contributed by atoms with van der Waals surface area (Å²) in [5.41, 5.74) is -0.124. The van der Waals surface area contributed by atoms with Crippen LogP contribution in [0.5, 0.6) is 5.75 Å².